The summed E-state index contributed by atoms with van der Waals surface area (Å²) in [5.74, 6) is 0.349. The second-order valence-electron chi connectivity index (χ2n) is 4.72. The van der Waals surface area contributed by atoms with E-state index in [1.165, 1.54) is 7.11 Å². The fourth-order valence-electron chi connectivity index (χ4n) is 2.14. The Morgan fingerprint density at radius 3 is 2.39 bits per heavy atom. The van der Waals surface area contributed by atoms with Gasteiger partial charge in [-0.25, -0.2) is 8.42 Å². The van der Waals surface area contributed by atoms with Crippen molar-refractivity contribution in [2.45, 2.75) is 36.3 Å². The van der Waals surface area contributed by atoms with Crippen LogP contribution >= 0.6 is 0 Å². The normalized spacial score (nSPS) is 17.0. The van der Waals surface area contributed by atoms with Gasteiger partial charge in [0.15, 0.2) is 4.75 Å². The fourth-order valence-corrected chi connectivity index (χ4v) is 4.15. The molecule has 0 heterocycles. The minimum absolute atomic E-state index is 0.140. The summed E-state index contributed by atoms with van der Waals surface area (Å²) in [6.07, 6.45) is 0.809. The average Bonchev–Trinajstić information content (AvgIpc) is 3.09. The summed E-state index contributed by atoms with van der Waals surface area (Å²) in [5.41, 5.74) is 1.62. The van der Waals surface area contributed by atoms with E-state index in [-0.39, 0.29) is 4.90 Å². The van der Waals surface area contributed by atoms with Crippen LogP contribution in [0.15, 0.2) is 17.0 Å². The molecule has 1 saturated carbocycles. The van der Waals surface area contributed by atoms with Crippen LogP contribution in [0.25, 0.3) is 0 Å². The summed E-state index contributed by atoms with van der Waals surface area (Å²) < 4.78 is 29.0. The highest BCUT2D eigenvalue weighted by Gasteiger charge is 2.56. The lowest BCUT2D eigenvalue weighted by atomic mass is 10.1. The second kappa shape index (κ2) is 3.99. The molecule has 4 nitrogen and oxygen atoms in total. The van der Waals surface area contributed by atoms with Gasteiger partial charge >= 0.3 is 0 Å². The molecule has 0 saturated heterocycles. The first kappa shape index (κ1) is 12.9. The molecule has 0 bridgehead atoms. The van der Waals surface area contributed by atoms with Crippen LogP contribution in [0.5, 0.6) is 5.75 Å². The molecule has 0 N–H and O–H groups in total. The maximum absolute atomic E-state index is 12.5. The van der Waals surface area contributed by atoms with E-state index in [1.54, 1.807) is 13.0 Å². The van der Waals surface area contributed by atoms with E-state index in [0.717, 1.165) is 11.1 Å². The number of hydrogen-bond acceptors (Lipinski definition) is 4. The molecule has 1 aliphatic rings. The van der Waals surface area contributed by atoms with Gasteiger partial charge in [-0.15, -0.1) is 0 Å². The Balaban J connectivity index is 2.69. The largest absolute Gasteiger partial charge is 0.495 e. The third-order valence-electron chi connectivity index (χ3n) is 3.30. The first-order valence-corrected chi connectivity index (χ1v) is 7.17. The summed E-state index contributed by atoms with van der Waals surface area (Å²) in [6.45, 7) is 3.63. The van der Waals surface area contributed by atoms with E-state index in [2.05, 4.69) is 0 Å². The molecule has 2 rings (SSSR count). The first-order chi connectivity index (χ1) is 8.38. The fraction of sp³-hybridized carbons (Fsp3) is 0.462. The highest BCUT2D eigenvalue weighted by molar-refractivity contribution is 7.93. The summed E-state index contributed by atoms with van der Waals surface area (Å²) >= 11 is 0. The van der Waals surface area contributed by atoms with Gasteiger partial charge in [-0.3, -0.25) is 0 Å². The summed E-state index contributed by atoms with van der Waals surface area (Å²) in [5, 5.41) is 9.09. The van der Waals surface area contributed by atoms with Crippen molar-refractivity contribution in [3.8, 4) is 11.8 Å². The van der Waals surface area contributed by atoms with E-state index < -0.39 is 14.6 Å². The topological polar surface area (TPSA) is 67.2 Å². The molecule has 96 valence electrons. The standard InChI is InChI=1S/C13H15NO3S/c1-9-6-10(2)12(17-3)11(7-9)18(15,16)13(8-14)4-5-13/h6-7H,4-5H2,1-3H3. The SMILES string of the molecule is COc1c(C)cc(C)cc1S(=O)(=O)C1(C#N)CC1. The highest BCUT2D eigenvalue weighted by Crippen LogP contribution is 2.48. The molecule has 18 heavy (non-hydrogen) atoms. The van der Waals surface area contributed by atoms with Gasteiger partial charge in [-0.1, -0.05) is 6.07 Å². The van der Waals surface area contributed by atoms with Crippen molar-refractivity contribution >= 4 is 9.84 Å². The van der Waals surface area contributed by atoms with E-state index in [9.17, 15) is 8.42 Å². The van der Waals surface area contributed by atoms with Crippen LogP contribution in [0.4, 0.5) is 0 Å². The van der Waals surface area contributed by atoms with Gasteiger partial charge in [0, 0.05) is 0 Å². The Morgan fingerprint density at radius 1 is 1.33 bits per heavy atom. The molecule has 1 aliphatic carbocycles. The molecule has 0 radical (unpaired) electrons. The lowest BCUT2D eigenvalue weighted by Gasteiger charge is -2.15. The number of ether oxygens (including phenoxy) is 1. The van der Waals surface area contributed by atoms with E-state index in [0.29, 0.717) is 18.6 Å². The quantitative estimate of drug-likeness (QED) is 0.839. The van der Waals surface area contributed by atoms with Crippen LogP contribution in [0.1, 0.15) is 24.0 Å². The van der Waals surface area contributed by atoms with Crippen LogP contribution in [-0.2, 0) is 9.84 Å². The molecule has 1 aromatic rings. The minimum atomic E-state index is -3.65. The molecular weight excluding hydrogens is 250 g/mol. The van der Waals surface area contributed by atoms with Gasteiger partial charge < -0.3 is 4.74 Å². The van der Waals surface area contributed by atoms with Crippen LogP contribution in [0.3, 0.4) is 0 Å². The maximum Gasteiger partial charge on any atom is 0.201 e. The molecular formula is C13H15NO3S. The van der Waals surface area contributed by atoms with Crippen LogP contribution in [-0.4, -0.2) is 20.3 Å². The van der Waals surface area contributed by atoms with Crippen LogP contribution in [0, 0.1) is 25.2 Å². The summed E-state index contributed by atoms with van der Waals surface area (Å²) in [6, 6.07) is 5.38. The van der Waals surface area contributed by atoms with E-state index in [1.807, 2.05) is 19.1 Å². The van der Waals surface area contributed by atoms with Crippen molar-refractivity contribution in [1.82, 2.24) is 0 Å². The Morgan fingerprint density at radius 2 is 1.94 bits per heavy atom. The molecule has 1 fully saturated rings. The molecule has 0 atom stereocenters. The number of nitrogens with zero attached hydrogens (tertiary/aromatic N) is 1. The highest BCUT2D eigenvalue weighted by atomic mass is 32.2. The van der Waals surface area contributed by atoms with Crippen molar-refractivity contribution in [3.63, 3.8) is 0 Å². The van der Waals surface area contributed by atoms with Crippen molar-refractivity contribution < 1.29 is 13.2 Å². The van der Waals surface area contributed by atoms with Gasteiger partial charge in [-0.2, -0.15) is 5.26 Å². The van der Waals surface area contributed by atoms with Crippen molar-refractivity contribution in [2.24, 2.45) is 0 Å². The van der Waals surface area contributed by atoms with Gasteiger partial charge in [0.25, 0.3) is 0 Å². The van der Waals surface area contributed by atoms with Gasteiger partial charge in [0.2, 0.25) is 9.84 Å². The molecule has 1 aromatic carbocycles. The zero-order valence-corrected chi connectivity index (χ0v) is 11.5. The Kier molecular flexibility index (Phi) is 2.86. The summed E-state index contributed by atoms with van der Waals surface area (Å²) in [4.78, 5) is 0.140. The van der Waals surface area contributed by atoms with Crippen LogP contribution in [0.2, 0.25) is 0 Å². The van der Waals surface area contributed by atoms with Crippen molar-refractivity contribution in [3.05, 3.63) is 23.3 Å². The molecule has 0 amide bonds. The number of aryl methyl sites for hydroxylation is 2. The smallest absolute Gasteiger partial charge is 0.201 e. The molecule has 0 unspecified atom stereocenters. The lowest BCUT2D eigenvalue weighted by molar-refractivity contribution is 0.399. The van der Waals surface area contributed by atoms with E-state index in [4.69, 9.17) is 10.00 Å². The predicted molar refractivity (Wildman–Crippen MR) is 67.2 cm³/mol. The second-order valence-corrected chi connectivity index (χ2v) is 6.95. The minimum Gasteiger partial charge on any atom is -0.495 e. The van der Waals surface area contributed by atoms with E-state index >= 15 is 0 Å². The number of methoxy groups -OCH3 is 1. The lowest BCUT2D eigenvalue weighted by Crippen LogP contribution is -2.22. The first-order valence-electron chi connectivity index (χ1n) is 5.69. The maximum atomic E-state index is 12.5. The number of benzene rings is 1. The summed E-state index contributed by atoms with van der Waals surface area (Å²) in [7, 11) is -2.20. The van der Waals surface area contributed by atoms with Crippen LogP contribution < -0.4 is 4.74 Å². The average molecular weight is 265 g/mol. The zero-order chi connectivity index (χ0) is 13.6. The third-order valence-corrected chi connectivity index (χ3v) is 5.71. The van der Waals surface area contributed by atoms with Crippen molar-refractivity contribution in [1.29, 1.82) is 5.26 Å². The number of hydrogen-bond donors (Lipinski definition) is 0. The van der Waals surface area contributed by atoms with Gasteiger partial charge in [0.1, 0.15) is 10.6 Å². The van der Waals surface area contributed by atoms with Gasteiger partial charge in [0.05, 0.1) is 13.2 Å². The molecule has 0 aromatic heterocycles. The monoisotopic (exact) mass is 265 g/mol. The Labute approximate surface area is 107 Å². The molecule has 5 heteroatoms. The molecule has 0 spiro atoms. The molecule has 0 aliphatic heterocycles. The number of nitriles is 1. The Hall–Kier alpha value is -1.54. The number of sulfone groups is 1. The number of rotatable bonds is 3. The third kappa shape index (κ3) is 1.68. The Bertz CT molecular complexity index is 637. The van der Waals surface area contributed by atoms with Gasteiger partial charge in [-0.05, 0) is 43.9 Å². The van der Waals surface area contributed by atoms with Crippen molar-refractivity contribution in [2.75, 3.05) is 7.11 Å². The predicted octanol–water partition coefficient (Wildman–Crippen LogP) is 2.14. The zero-order valence-electron chi connectivity index (χ0n) is 10.6.